The summed E-state index contributed by atoms with van der Waals surface area (Å²) in [4.78, 5) is 15.8. The SMILES string of the molecule is CCc1cc(Nc2ncc(Br)c(Nc3ccc4c(c3N(C)S(C)(=O)=O)OCCO4)n2)c(OC(F)(F)F)cc1N1CCC(N2CCN(C)CC2)CC1. The van der Waals surface area contributed by atoms with Gasteiger partial charge in [0, 0.05) is 70.3 Å². The quantitative estimate of drug-likeness (QED) is 0.267. The van der Waals surface area contributed by atoms with Gasteiger partial charge in [0.2, 0.25) is 16.0 Å². The molecule has 0 saturated carbocycles. The number of hydrogen-bond acceptors (Lipinski definition) is 12. The fourth-order valence-electron chi connectivity index (χ4n) is 6.60. The number of fused-ring (bicyclic) bond motifs is 1. The van der Waals surface area contributed by atoms with Crippen LogP contribution in [-0.2, 0) is 16.4 Å². The van der Waals surface area contributed by atoms with Crippen LogP contribution in [0.15, 0.2) is 34.9 Å². The first-order valence-electron chi connectivity index (χ1n) is 16.7. The molecule has 3 aromatic rings. The van der Waals surface area contributed by atoms with Gasteiger partial charge in [0.1, 0.15) is 24.7 Å². The predicted molar refractivity (Wildman–Crippen MR) is 194 cm³/mol. The van der Waals surface area contributed by atoms with E-state index < -0.39 is 22.1 Å². The van der Waals surface area contributed by atoms with Gasteiger partial charge in [-0.1, -0.05) is 6.92 Å². The number of likely N-dealkylation sites (N-methyl/N-ethyl adjacent to an activating group) is 1. The molecule has 4 heterocycles. The van der Waals surface area contributed by atoms with Crippen molar-refractivity contribution in [2.45, 2.75) is 38.6 Å². The number of piperazine rings is 1. The minimum atomic E-state index is -4.94. The molecule has 13 nitrogen and oxygen atoms in total. The lowest BCUT2D eigenvalue weighted by molar-refractivity contribution is -0.274. The van der Waals surface area contributed by atoms with E-state index in [-0.39, 0.29) is 35.5 Å². The third-order valence-corrected chi connectivity index (χ3v) is 11.1. The van der Waals surface area contributed by atoms with Crippen molar-refractivity contribution in [3.63, 3.8) is 0 Å². The van der Waals surface area contributed by atoms with E-state index in [1.54, 1.807) is 18.2 Å². The summed E-state index contributed by atoms with van der Waals surface area (Å²) in [6.07, 6.45) is -0.0201. The van der Waals surface area contributed by atoms with Crippen LogP contribution in [0.5, 0.6) is 17.2 Å². The van der Waals surface area contributed by atoms with Gasteiger partial charge >= 0.3 is 6.36 Å². The number of halogens is 4. The third kappa shape index (κ3) is 8.67. The Morgan fingerprint density at radius 1 is 1.04 bits per heavy atom. The Labute approximate surface area is 304 Å². The molecule has 0 unspecified atom stereocenters. The first kappa shape index (κ1) is 37.0. The number of alkyl halides is 3. The summed E-state index contributed by atoms with van der Waals surface area (Å²) in [5, 5.41) is 6.05. The second kappa shape index (κ2) is 15.1. The minimum Gasteiger partial charge on any atom is -0.486 e. The highest BCUT2D eigenvalue weighted by molar-refractivity contribution is 9.10. The first-order chi connectivity index (χ1) is 24.2. The van der Waals surface area contributed by atoms with Gasteiger partial charge in [-0.15, -0.1) is 13.2 Å². The van der Waals surface area contributed by atoms with Crippen molar-refractivity contribution < 1.29 is 35.8 Å². The van der Waals surface area contributed by atoms with E-state index in [0.717, 1.165) is 68.2 Å². The number of piperidine rings is 1. The van der Waals surface area contributed by atoms with Gasteiger partial charge in [-0.3, -0.25) is 9.21 Å². The molecular formula is C33H42BrF3N8O5S. The molecule has 6 rings (SSSR count). The molecule has 51 heavy (non-hydrogen) atoms. The van der Waals surface area contributed by atoms with E-state index in [1.807, 2.05) is 6.92 Å². The average Bonchev–Trinajstić information content (AvgIpc) is 3.09. The van der Waals surface area contributed by atoms with E-state index in [4.69, 9.17) is 9.47 Å². The molecule has 0 amide bonds. The van der Waals surface area contributed by atoms with Gasteiger partial charge in [0.15, 0.2) is 17.2 Å². The van der Waals surface area contributed by atoms with Gasteiger partial charge in [0.25, 0.3) is 0 Å². The molecule has 278 valence electrons. The zero-order chi connectivity index (χ0) is 36.5. The minimum absolute atomic E-state index is 0.0221. The monoisotopic (exact) mass is 798 g/mol. The van der Waals surface area contributed by atoms with E-state index in [0.29, 0.717) is 40.7 Å². The van der Waals surface area contributed by atoms with Crippen LogP contribution in [0.2, 0.25) is 0 Å². The number of sulfonamides is 1. The summed E-state index contributed by atoms with van der Waals surface area (Å²) >= 11 is 3.42. The van der Waals surface area contributed by atoms with Crippen molar-refractivity contribution in [1.82, 2.24) is 19.8 Å². The predicted octanol–water partition coefficient (Wildman–Crippen LogP) is 5.57. The van der Waals surface area contributed by atoms with Crippen molar-refractivity contribution in [1.29, 1.82) is 0 Å². The topological polar surface area (TPSA) is 125 Å². The van der Waals surface area contributed by atoms with E-state index in [9.17, 15) is 21.6 Å². The van der Waals surface area contributed by atoms with Crippen LogP contribution in [0.25, 0.3) is 0 Å². The summed E-state index contributed by atoms with van der Waals surface area (Å²) < 4.78 is 84.1. The van der Waals surface area contributed by atoms with Crippen LogP contribution in [0.1, 0.15) is 25.3 Å². The number of aryl methyl sites for hydroxylation is 1. The smallest absolute Gasteiger partial charge is 0.486 e. The number of rotatable bonds is 10. The summed E-state index contributed by atoms with van der Waals surface area (Å²) in [6, 6.07) is 6.83. The molecule has 0 radical (unpaired) electrons. The highest BCUT2D eigenvalue weighted by Gasteiger charge is 2.34. The number of aromatic nitrogens is 2. The second-order valence-corrected chi connectivity index (χ2v) is 15.7. The number of anilines is 6. The largest absolute Gasteiger partial charge is 0.573 e. The Bertz CT molecular complexity index is 1840. The Morgan fingerprint density at radius 3 is 2.41 bits per heavy atom. The van der Waals surface area contributed by atoms with E-state index in [1.165, 1.54) is 19.3 Å². The van der Waals surface area contributed by atoms with Gasteiger partial charge in [0.05, 0.1) is 22.1 Å². The number of hydrogen-bond donors (Lipinski definition) is 2. The third-order valence-electron chi connectivity index (χ3n) is 9.39. The summed E-state index contributed by atoms with van der Waals surface area (Å²) in [5.41, 5.74) is 2.13. The highest BCUT2D eigenvalue weighted by atomic mass is 79.9. The van der Waals surface area contributed by atoms with Gasteiger partial charge < -0.3 is 34.6 Å². The van der Waals surface area contributed by atoms with Gasteiger partial charge in [-0.2, -0.15) is 4.98 Å². The molecule has 2 fully saturated rings. The standard InChI is InChI=1S/C33H42BrF3N8O5S/c1-5-21-18-25(28(50-33(35,36)37)19-26(21)45-10-8-22(9-11-45)44-14-12-42(2)13-15-44)40-32-38-20-23(34)31(41-32)39-24-6-7-27-30(49-17-16-48-27)29(24)43(3)51(4,46)47/h6-7,18-20,22H,5,8-17H2,1-4H3,(H2,38,39,40,41). The maximum Gasteiger partial charge on any atom is 0.573 e. The van der Waals surface area contributed by atoms with E-state index >= 15 is 0 Å². The molecule has 3 aliphatic heterocycles. The Kier molecular flexibility index (Phi) is 11.0. The molecule has 2 saturated heterocycles. The molecule has 0 bridgehead atoms. The fraction of sp³-hybridized carbons (Fsp3) is 0.515. The lowest BCUT2D eigenvalue weighted by Crippen LogP contribution is -2.52. The molecule has 2 N–H and O–H groups in total. The van der Waals surface area contributed by atoms with Crippen LogP contribution in [0, 0.1) is 0 Å². The molecule has 0 spiro atoms. The molecule has 2 aromatic carbocycles. The van der Waals surface area contributed by atoms with Crippen LogP contribution in [-0.4, -0.2) is 113 Å². The van der Waals surface area contributed by atoms with E-state index in [2.05, 4.69) is 63.0 Å². The van der Waals surface area contributed by atoms with Crippen molar-refractivity contribution >= 4 is 60.5 Å². The fourth-order valence-corrected chi connectivity index (χ4v) is 7.40. The normalized spacial score (nSPS) is 17.7. The number of nitrogens with zero attached hydrogens (tertiary/aromatic N) is 6. The maximum absolute atomic E-state index is 13.8. The first-order valence-corrected chi connectivity index (χ1v) is 19.4. The molecule has 1 aromatic heterocycles. The highest BCUT2D eigenvalue weighted by Crippen LogP contribution is 2.46. The zero-order valence-electron chi connectivity index (χ0n) is 28.9. The molecule has 0 atom stereocenters. The Hall–Kier alpha value is -3.74. The van der Waals surface area contributed by atoms with Gasteiger partial charge in [-0.25, -0.2) is 13.4 Å². The molecule has 3 aliphatic rings. The summed E-state index contributed by atoms with van der Waals surface area (Å²) in [5.74, 6) is 0.411. The van der Waals surface area contributed by atoms with Crippen LogP contribution in [0.3, 0.4) is 0 Å². The van der Waals surface area contributed by atoms with Crippen molar-refractivity contribution in [2.75, 3.05) is 92.7 Å². The van der Waals surface area contributed by atoms with Gasteiger partial charge in [-0.05, 0) is 66.0 Å². The maximum atomic E-state index is 13.8. The number of ether oxygens (including phenoxy) is 3. The zero-order valence-corrected chi connectivity index (χ0v) is 31.3. The molecule has 18 heteroatoms. The Balaban J connectivity index is 1.28. The second-order valence-electron chi connectivity index (χ2n) is 12.8. The van der Waals surface area contributed by atoms with Crippen molar-refractivity contribution in [3.8, 4) is 17.2 Å². The summed E-state index contributed by atoms with van der Waals surface area (Å²) in [6.45, 7) is 8.06. The Morgan fingerprint density at radius 2 is 1.75 bits per heavy atom. The summed E-state index contributed by atoms with van der Waals surface area (Å²) in [7, 11) is -0.202. The molecule has 0 aliphatic carbocycles. The van der Waals surface area contributed by atoms with Crippen molar-refractivity contribution in [3.05, 3.63) is 40.5 Å². The molecular weight excluding hydrogens is 757 g/mol. The lowest BCUT2D eigenvalue weighted by Gasteiger charge is -2.43. The number of benzene rings is 2. The van der Waals surface area contributed by atoms with Crippen molar-refractivity contribution in [2.24, 2.45) is 0 Å². The van der Waals surface area contributed by atoms with Crippen LogP contribution < -0.4 is 34.0 Å². The number of nitrogens with one attached hydrogen (secondary N) is 2. The average molecular weight is 800 g/mol. The van der Waals surface area contributed by atoms with Crippen LogP contribution >= 0.6 is 15.9 Å². The van der Waals surface area contributed by atoms with Crippen LogP contribution in [0.4, 0.5) is 47.7 Å². The lowest BCUT2D eigenvalue weighted by atomic mass is 9.99.